The van der Waals surface area contributed by atoms with Gasteiger partial charge in [-0.2, -0.15) is 5.26 Å². The minimum absolute atomic E-state index is 0.0942. The molecule has 1 spiro atoms. The van der Waals surface area contributed by atoms with Crippen LogP contribution in [-0.4, -0.2) is 35.7 Å². The van der Waals surface area contributed by atoms with Crippen LogP contribution in [0.15, 0.2) is 36.4 Å². The highest BCUT2D eigenvalue weighted by Gasteiger charge is 2.58. The summed E-state index contributed by atoms with van der Waals surface area (Å²) in [6, 6.07) is 11.0. The average Bonchev–Trinajstić information content (AvgIpc) is 3.26. The van der Waals surface area contributed by atoms with Gasteiger partial charge in [-0.1, -0.05) is 0 Å². The van der Waals surface area contributed by atoms with E-state index in [1.54, 1.807) is 30.0 Å². The minimum atomic E-state index is -1.11. The van der Waals surface area contributed by atoms with Crippen molar-refractivity contribution in [1.82, 2.24) is 0 Å². The molecule has 7 nitrogen and oxygen atoms in total. The molecule has 2 aromatic rings. The van der Waals surface area contributed by atoms with Gasteiger partial charge >= 0.3 is 0 Å². The van der Waals surface area contributed by atoms with Gasteiger partial charge in [0.25, 0.3) is 11.8 Å². The summed E-state index contributed by atoms with van der Waals surface area (Å²) < 4.78 is 20.0. The number of carbonyl (C=O) groups excluding carboxylic acids is 2. The van der Waals surface area contributed by atoms with Crippen LogP contribution in [-0.2, 0) is 9.53 Å². The molecule has 30 heavy (non-hydrogen) atoms. The highest BCUT2D eigenvalue weighted by atomic mass is 32.1. The average molecular weight is 424 g/mol. The van der Waals surface area contributed by atoms with Crippen molar-refractivity contribution in [3.8, 4) is 6.07 Å². The Balaban J connectivity index is 1.83. The standard InChI is InChI=1S/C21H17FN4O3S/c1-12-8-14(3-2-13(12)10-23)25-19(28)21(6-7-29-11-21)26(20(25)30)15-4-5-16(18(24)27)17(22)9-15/h2-5,8-9H,6-7,11H2,1H3,(H2,24,27). The van der Waals surface area contributed by atoms with E-state index in [1.165, 1.54) is 17.0 Å². The fraction of sp³-hybridized carbons (Fsp3) is 0.238. The molecule has 2 amide bonds. The number of nitriles is 1. The number of rotatable bonds is 3. The Kier molecular flexibility index (Phi) is 4.76. The summed E-state index contributed by atoms with van der Waals surface area (Å²) in [5, 5.41) is 9.34. The van der Waals surface area contributed by atoms with Gasteiger partial charge in [-0.15, -0.1) is 0 Å². The van der Waals surface area contributed by atoms with Gasteiger partial charge in [0.2, 0.25) is 0 Å². The molecule has 0 aliphatic carbocycles. The SMILES string of the molecule is Cc1cc(N2C(=O)C3(CCOC3)N(c3ccc(C(N)=O)c(F)c3)C2=S)ccc1C#N. The molecule has 0 aromatic heterocycles. The van der Waals surface area contributed by atoms with E-state index >= 15 is 0 Å². The number of nitrogens with zero attached hydrogens (tertiary/aromatic N) is 3. The number of benzene rings is 2. The first-order valence-electron chi connectivity index (χ1n) is 9.17. The molecule has 2 fully saturated rings. The van der Waals surface area contributed by atoms with E-state index < -0.39 is 17.3 Å². The number of primary amides is 1. The molecule has 2 N–H and O–H groups in total. The molecule has 1 unspecified atom stereocenters. The number of thiocarbonyl (C=S) groups is 1. The lowest BCUT2D eigenvalue weighted by atomic mass is 9.95. The molecule has 2 aliphatic rings. The summed E-state index contributed by atoms with van der Waals surface area (Å²) in [5.74, 6) is -1.96. The van der Waals surface area contributed by atoms with Crippen LogP contribution >= 0.6 is 12.2 Å². The first-order chi connectivity index (χ1) is 14.3. The third-order valence-electron chi connectivity index (χ3n) is 5.48. The summed E-state index contributed by atoms with van der Waals surface area (Å²) in [6.45, 7) is 2.22. The Hall–Kier alpha value is -3.35. The van der Waals surface area contributed by atoms with Crippen LogP contribution in [0.2, 0.25) is 0 Å². The smallest absolute Gasteiger partial charge is 0.262 e. The highest BCUT2D eigenvalue weighted by Crippen LogP contribution is 2.41. The van der Waals surface area contributed by atoms with Gasteiger partial charge in [0.05, 0.1) is 29.5 Å². The van der Waals surface area contributed by atoms with Crippen LogP contribution in [0.1, 0.15) is 27.9 Å². The lowest BCUT2D eigenvalue weighted by molar-refractivity contribution is -0.121. The van der Waals surface area contributed by atoms with Crippen LogP contribution in [0.5, 0.6) is 0 Å². The van der Waals surface area contributed by atoms with E-state index in [4.69, 9.17) is 22.7 Å². The second kappa shape index (κ2) is 7.16. The quantitative estimate of drug-likeness (QED) is 0.760. The van der Waals surface area contributed by atoms with Crippen molar-refractivity contribution >= 4 is 40.5 Å². The molecule has 0 saturated carbocycles. The van der Waals surface area contributed by atoms with Crippen LogP contribution in [0.4, 0.5) is 15.8 Å². The summed E-state index contributed by atoms with van der Waals surface area (Å²) in [4.78, 5) is 27.9. The van der Waals surface area contributed by atoms with Crippen molar-refractivity contribution in [1.29, 1.82) is 5.26 Å². The third-order valence-corrected chi connectivity index (χ3v) is 5.84. The molecular weight excluding hydrogens is 407 g/mol. The Morgan fingerprint density at radius 1 is 1.30 bits per heavy atom. The van der Waals surface area contributed by atoms with Gasteiger partial charge in [0, 0.05) is 18.7 Å². The number of carbonyl (C=O) groups is 2. The zero-order chi connectivity index (χ0) is 21.6. The maximum atomic E-state index is 14.5. The van der Waals surface area contributed by atoms with Gasteiger partial charge in [-0.25, -0.2) is 4.39 Å². The largest absolute Gasteiger partial charge is 0.378 e. The van der Waals surface area contributed by atoms with E-state index in [9.17, 15) is 19.2 Å². The van der Waals surface area contributed by atoms with Crippen molar-refractivity contribution in [3.05, 3.63) is 58.9 Å². The summed E-state index contributed by atoms with van der Waals surface area (Å²) in [5.41, 5.74) is 5.89. The fourth-order valence-electron chi connectivity index (χ4n) is 3.91. The zero-order valence-electron chi connectivity index (χ0n) is 16.0. The first kappa shape index (κ1) is 19.9. The topological polar surface area (TPSA) is 99.7 Å². The Bertz CT molecular complexity index is 1140. The number of hydrogen-bond acceptors (Lipinski definition) is 5. The van der Waals surface area contributed by atoms with Gasteiger partial charge < -0.3 is 15.4 Å². The molecule has 1 atom stereocenters. The van der Waals surface area contributed by atoms with Gasteiger partial charge in [0.1, 0.15) is 5.82 Å². The predicted octanol–water partition coefficient (Wildman–Crippen LogP) is 2.40. The van der Waals surface area contributed by atoms with Crippen LogP contribution in [0.25, 0.3) is 0 Å². The second-order valence-corrected chi connectivity index (χ2v) is 7.60. The van der Waals surface area contributed by atoms with E-state index in [-0.39, 0.29) is 23.2 Å². The monoisotopic (exact) mass is 424 g/mol. The van der Waals surface area contributed by atoms with Crippen LogP contribution < -0.4 is 15.5 Å². The lowest BCUT2D eigenvalue weighted by Gasteiger charge is -2.31. The minimum Gasteiger partial charge on any atom is -0.378 e. The molecular formula is C21H17FN4O3S. The van der Waals surface area contributed by atoms with E-state index in [0.29, 0.717) is 35.5 Å². The summed E-state index contributed by atoms with van der Waals surface area (Å²) in [6.07, 6.45) is 0.372. The van der Waals surface area contributed by atoms with Crippen molar-refractivity contribution in [2.45, 2.75) is 18.9 Å². The third kappa shape index (κ3) is 2.84. The fourth-order valence-corrected chi connectivity index (χ4v) is 4.38. The number of nitrogens with two attached hydrogens (primary N) is 1. The molecule has 2 aromatic carbocycles. The van der Waals surface area contributed by atoms with E-state index in [2.05, 4.69) is 6.07 Å². The van der Waals surface area contributed by atoms with Crippen LogP contribution in [0.3, 0.4) is 0 Å². The maximum absolute atomic E-state index is 14.5. The second-order valence-electron chi connectivity index (χ2n) is 7.23. The molecule has 2 aliphatic heterocycles. The molecule has 152 valence electrons. The Labute approximate surface area is 177 Å². The van der Waals surface area contributed by atoms with Crippen molar-refractivity contribution in [2.75, 3.05) is 23.0 Å². The zero-order valence-corrected chi connectivity index (χ0v) is 16.8. The molecule has 0 bridgehead atoms. The lowest BCUT2D eigenvalue weighted by Crippen LogP contribution is -2.50. The number of anilines is 2. The number of amides is 2. The maximum Gasteiger partial charge on any atom is 0.262 e. The van der Waals surface area contributed by atoms with Gasteiger partial charge in [-0.05, 0) is 61.1 Å². The van der Waals surface area contributed by atoms with Gasteiger partial charge in [-0.3, -0.25) is 14.5 Å². The van der Waals surface area contributed by atoms with Crippen molar-refractivity contribution < 1.29 is 18.7 Å². The first-order valence-corrected chi connectivity index (χ1v) is 9.57. The molecule has 2 saturated heterocycles. The van der Waals surface area contributed by atoms with E-state index in [0.717, 1.165) is 6.07 Å². The molecule has 4 rings (SSSR count). The Morgan fingerprint density at radius 3 is 2.60 bits per heavy atom. The van der Waals surface area contributed by atoms with E-state index in [1.807, 2.05) is 0 Å². The van der Waals surface area contributed by atoms with Gasteiger partial charge in [0.15, 0.2) is 10.7 Å². The molecule has 9 heteroatoms. The predicted molar refractivity (Wildman–Crippen MR) is 112 cm³/mol. The van der Waals surface area contributed by atoms with Crippen molar-refractivity contribution in [2.24, 2.45) is 5.73 Å². The van der Waals surface area contributed by atoms with Crippen LogP contribution in [0, 0.1) is 24.1 Å². The Morgan fingerprint density at radius 2 is 2.03 bits per heavy atom. The summed E-state index contributed by atoms with van der Waals surface area (Å²) >= 11 is 5.64. The molecule has 0 radical (unpaired) electrons. The summed E-state index contributed by atoms with van der Waals surface area (Å²) in [7, 11) is 0. The number of hydrogen-bond donors (Lipinski definition) is 1. The number of aryl methyl sites for hydroxylation is 1. The normalized spacial score (nSPS) is 20.8. The number of halogens is 1. The van der Waals surface area contributed by atoms with Crippen molar-refractivity contribution in [3.63, 3.8) is 0 Å². The number of ether oxygens (including phenoxy) is 1. The molecule has 2 heterocycles. The highest BCUT2D eigenvalue weighted by molar-refractivity contribution is 7.81.